The Labute approximate surface area is 78.5 Å². The Morgan fingerprint density at radius 2 is 1.86 bits per heavy atom. The van der Waals surface area contributed by atoms with Gasteiger partial charge in [-0.05, 0) is 15.5 Å². The first-order chi connectivity index (χ1) is 6.41. The first-order valence-corrected chi connectivity index (χ1v) is 6.78. The summed E-state index contributed by atoms with van der Waals surface area (Å²) in [6, 6.07) is 0. The molecule has 0 saturated carbocycles. The van der Waals surface area contributed by atoms with Crippen LogP contribution < -0.4 is 0 Å². The third-order valence-corrected chi connectivity index (χ3v) is 4.27. The Bertz CT molecular complexity index is 334. The van der Waals surface area contributed by atoms with E-state index in [2.05, 4.69) is 14.0 Å². The summed E-state index contributed by atoms with van der Waals surface area (Å²) in [5.74, 6) is -0.639. The van der Waals surface area contributed by atoms with E-state index in [1.165, 1.54) is 0 Å². The third-order valence-electron chi connectivity index (χ3n) is 1.64. The molecule has 1 unspecified atom stereocenters. The van der Waals surface area contributed by atoms with Crippen LogP contribution in [0, 0.1) is 0 Å². The van der Waals surface area contributed by atoms with Crippen LogP contribution in [0.4, 0.5) is 9.05 Å². The van der Waals surface area contributed by atoms with Crippen LogP contribution >= 0.6 is 7.82 Å². The molecular formula is C4H7F2O6PS. The average Bonchev–Trinajstić information content (AvgIpc) is 2.45. The Balaban J connectivity index is 2.59. The van der Waals surface area contributed by atoms with E-state index in [0.29, 0.717) is 0 Å². The van der Waals surface area contributed by atoms with Crippen LogP contribution in [0.3, 0.4) is 0 Å². The van der Waals surface area contributed by atoms with E-state index in [1.807, 2.05) is 0 Å². The lowest BCUT2D eigenvalue weighted by atomic mass is 10.3. The van der Waals surface area contributed by atoms with E-state index in [4.69, 9.17) is 0 Å². The Kier molecular flexibility index (Phi) is 3.59. The summed E-state index contributed by atoms with van der Waals surface area (Å²) in [4.78, 5) is 0. The molecule has 0 N–H and O–H groups in total. The lowest BCUT2D eigenvalue weighted by Gasteiger charge is -2.11. The monoisotopic (exact) mass is 252 g/mol. The van der Waals surface area contributed by atoms with Crippen LogP contribution in [0.5, 0.6) is 0 Å². The van der Waals surface area contributed by atoms with Crippen molar-refractivity contribution < 1.29 is 36.0 Å². The molecule has 1 atom stereocenters. The highest BCUT2D eigenvalue weighted by Gasteiger charge is 2.38. The summed E-state index contributed by atoms with van der Waals surface area (Å²) in [7, 11) is -8.17. The highest BCUT2D eigenvalue weighted by Crippen LogP contribution is 2.52. The third kappa shape index (κ3) is 2.96. The molecule has 1 saturated heterocycles. The fraction of sp³-hybridized carbons (Fsp3) is 1.00. The average molecular weight is 252 g/mol. The predicted octanol–water partition coefficient (Wildman–Crippen LogP) is 1.10. The molecule has 0 amide bonds. The van der Waals surface area contributed by atoms with Crippen molar-refractivity contribution in [3.8, 4) is 0 Å². The summed E-state index contributed by atoms with van der Waals surface area (Å²) in [6.07, 6.45) is -1.07. The molecule has 0 radical (unpaired) electrons. The van der Waals surface area contributed by atoms with Gasteiger partial charge in [0, 0.05) is 0 Å². The second-order valence-electron chi connectivity index (χ2n) is 2.72. The number of phosphoric acid groups is 1. The molecule has 0 bridgehead atoms. The highest BCUT2D eigenvalue weighted by molar-refractivity contribution is 7.91. The van der Waals surface area contributed by atoms with Gasteiger partial charge in [-0.1, -0.05) is 9.46 Å². The Morgan fingerprint density at radius 1 is 1.29 bits per heavy atom. The lowest BCUT2D eigenvalue weighted by Crippen LogP contribution is -2.13. The minimum absolute atomic E-state index is 0.000949. The molecule has 0 aromatic heterocycles. The molecule has 0 aliphatic carbocycles. The fourth-order valence-electron chi connectivity index (χ4n) is 1.07. The van der Waals surface area contributed by atoms with Crippen molar-refractivity contribution in [3.63, 3.8) is 0 Å². The van der Waals surface area contributed by atoms with Crippen molar-refractivity contribution >= 4 is 17.7 Å². The van der Waals surface area contributed by atoms with Gasteiger partial charge < -0.3 is 0 Å². The zero-order chi connectivity index (χ0) is 10.8. The minimum Gasteiger partial charge on any atom is -0.279 e. The maximum absolute atomic E-state index is 11.5. The molecule has 0 spiro atoms. The van der Waals surface area contributed by atoms with Gasteiger partial charge in [0.15, 0.2) is 9.84 Å². The Hall–Kier alpha value is -0.0800. The zero-order valence-corrected chi connectivity index (χ0v) is 8.47. The van der Waals surface area contributed by atoms with Crippen LogP contribution in [-0.4, -0.2) is 26.0 Å². The van der Waals surface area contributed by atoms with E-state index < -0.39 is 29.5 Å². The number of sulfone groups is 1. The first kappa shape index (κ1) is 12.0. The van der Waals surface area contributed by atoms with Gasteiger partial charge in [-0.2, -0.15) is 0 Å². The molecule has 1 heterocycles. The molecule has 84 valence electrons. The van der Waals surface area contributed by atoms with Gasteiger partial charge >= 0.3 is 7.82 Å². The quantitative estimate of drug-likeness (QED) is 0.697. The maximum atomic E-state index is 11.5. The van der Waals surface area contributed by atoms with Crippen molar-refractivity contribution in [2.24, 2.45) is 0 Å². The molecular weight excluding hydrogens is 245 g/mol. The van der Waals surface area contributed by atoms with Gasteiger partial charge in [-0.25, -0.2) is 13.0 Å². The zero-order valence-electron chi connectivity index (χ0n) is 6.76. The first-order valence-electron chi connectivity index (χ1n) is 3.50. The topological polar surface area (TPSA) is 78.9 Å². The van der Waals surface area contributed by atoms with E-state index in [0.717, 1.165) is 0 Å². The molecule has 1 aliphatic heterocycles. The van der Waals surface area contributed by atoms with Gasteiger partial charge in [0.1, 0.15) is 0 Å². The second kappa shape index (κ2) is 4.19. The van der Waals surface area contributed by atoms with Crippen molar-refractivity contribution in [1.82, 2.24) is 0 Å². The normalized spacial score (nSPS) is 26.6. The summed E-state index contributed by atoms with van der Waals surface area (Å²) in [5.41, 5.74) is 0. The fourth-order valence-corrected chi connectivity index (χ4v) is 3.39. The van der Waals surface area contributed by atoms with E-state index in [-0.39, 0.29) is 12.2 Å². The van der Waals surface area contributed by atoms with E-state index in [1.54, 1.807) is 0 Å². The van der Waals surface area contributed by atoms with Crippen LogP contribution in [-0.2, 0) is 28.4 Å². The van der Waals surface area contributed by atoms with Gasteiger partial charge in [-0.15, -0.1) is 0 Å². The summed E-state index contributed by atoms with van der Waals surface area (Å²) < 4.78 is 64.9. The van der Waals surface area contributed by atoms with Crippen LogP contribution in [0.25, 0.3) is 0 Å². The lowest BCUT2D eigenvalue weighted by molar-refractivity contribution is -0.123. The molecule has 10 heteroatoms. The largest absolute Gasteiger partial charge is 0.537 e. The van der Waals surface area contributed by atoms with Crippen molar-refractivity contribution in [2.75, 3.05) is 11.5 Å². The smallest absolute Gasteiger partial charge is 0.279 e. The molecule has 14 heavy (non-hydrogen) atoms. The van der Waals surface area contributed by atoms with Gasteiger partial charge in [-0.3, -0.25) is 4.52 Å². The Morgan fingerprint density at radius 3 is 2.21 bits per heavy atom. The summed E-state index contributed by atoms with van der Waals surface area (Å²) >= 11 is 0. The molecule has 1 rings (SSSR count). The molecule has 1 fully saturated rings. The summed E-state index contributed by atoms with van der Waals surface area (Å²) in [5, 5.41) is 0. The van der Waals surface area contributed by atoms with Crippen molar-refractivity contribution in [1.29, 1.82) is 0 Å². The SMILES string of the molecule is O=P(OF)(OF)OC1CCS(=O)(=O)C1. The van der Waals surface area contributed by atoms with Crippen LogP contribution in [0.15, 0.2) is 0 Å². The molecule has 0 aromatic carbocycles. The number of hydrogen-bond acceptors (Lipinski definition) is 6. The van der Waals surface area contributed by atoms with Crippen LogP contribution in [0.1, 0.15) is 6.42 Å². The summed E-state index contributed by atoms with van der Waals surface area (Å²) in [6.45, 7) is 0. The van der Waals surface area contributed by atoms with Crippen molar-refractivity contribution in [2.45, 2.75) is 12.5 Å². The van der Waals surface area contributed by atoms with E-state index >= 15 is 0 Å². The number of halogens is 2. The molecule has 0 aromatic rings. The maximum Gasteiger partial charge on any atom is 0.537 e. The van der Waals surface area contributed by atoms with Gasteiger partial charge in [0.25, 0.3) is 0 Å². The van der Waals surface area contributed by atoms with Gasteiger partial charge in [0.05, 0.1) is 17.6 Å². The molecule has 6 nitrogen and oxygen atoms in total. The molecule has 1 aliphatic rings. The minimum atomic E-state index is -4.88. The van der Waals surface area contributed by atoms with Crippen LogP contribution in [0.2, 0.25) is 0 Å². The number of hydrogen-bond donors (Lipinski definition) is 0. The second-order valence-corrected chi connectivity index (χ2v) is 6.33. The highest BCUT2D eigenvalue weighted by atomic mass is 32.2. The number of rotatable bonds is 4. The van der Waals surface area contributed by atoms with E-state index in [9.17, 15) is 22.0 Å². The predicted molar refractivity (Wildman–Crippen MR) is 40.1 cm³/mol. The van der Waals surface area contributed by atoms with Gasteiger partial charge in [0.2, 0.25) is 0 Å². The van der Waals surface area contributed by atoms with Crippen molar-refractivity contribution in [3.05, 3.63) is 0 Å². The standard InChI is InChI=1S/C4H7F2O6PS/c5-11-13(7,12-6)10-4-1-2-14(8,9)3-4/h4H,1-3H2.